The minimum atomic E-state index is 0.189. The number of aryl methyl sites for hydroxylation is 2. The summed E-state index contributed by atoms with van der Waals surface area (Å²) >= 11 is 1.79. The van der Waals surface area contributed by atoms with Gasteiger partial charge in [0.25, 0.3) is 0 Å². The zero-order valence-electron chi connectivity index (χ0n) is 14.2. The van der Waals surface area contributed by atoms with Crippen molar-refractivity contribution in [3.8, 4) is 0 Å². The number of rotatable bonds is 6. The third-order valence-electron chi connectivity index (χ3n) is 4.30. The van der Waals surface area contributed by atoms with Gasteiger partial charge in [0.1, 0.15) is 0 Å². The minimum Gasteiger partial charge on any atom is -0.338 e. The van der Waals surface area contributed by atoms with E-state index in [0.717, 1.165) is 45.0 Å². The van der Waals surface area contributed by atoms with Gasteiger partial charge in [0, 0.05) is 38.1 Å². The molecule has 0 unspecified atom stereocenters. The van der Waals surface area contributed by atoms with Crippen molar-refractivity contribution in [3.05, 3.63) is 27.8 Å². The number of hydrogen-bond donors (Lipinski definition) is 0. The fraction of sp³-hybridized carbons (Fsp3) is 0.688. The molecule has 0 saturated carbocycles. The SMILES string of the molecule is CCCc1nc(CN2CCN([C@H](C)c3nc(C)no3)CC2)cs1. The monoisotopic (exact) mass is 335 g/mol. The van der Waals surface area contributed by atoms with Crippen LogP contribution in [0.3, 0.4) is 0 Å². The molecule has 3 heterocycles. The van der Waals surface area contributed by atoms with Gasteiger partial charge in [-0.3, -0.25) is 9.80 Å². The lowest BCUT2D eigenvalue weighted by atomic mass is 10.2. The molecule has 0 aliphatic carbocycles. The number of thiazole rings is 1. The first-order chi connectivity index (χ1) is 11.2. The van der Waals surface area contributed by atoms with E-state index in [9.17, 15) is 0 Å². The number of hydrogen-bond acceptors (Lipinski definition) is 7. The highest BCUT2D eigenvalue weighted by Gasteiger charge is 2.25. The fourth-order valence-electron chi connectivity index (χ4n) is 2.93. The van der Waals surface area contributed by atoms with Gasteiger partial charge in [-0.2, -0.15) is 4.98 Å². The van der Waals surface area contributed by atoms with Crippen LogP contribution < -0.4 is 0 Å². The summed E-state index contributed by atoms with van der Waals surface area (Å²) in [5.74, 6) is 1.43. The average Bonchev–Trinajstić information content (AvgIpc) is 3.17. The number of piperazine rings is 1. The van der Waals surface area contributed by atoms with Crippen LogP contribution in [-0.2, 0) is 13.0 Å². The van der Waals surface area contributed by atoms with E-state index < -0.39 is 0 Å². The largest absolute Gasteiger partial charge is 0.338 e. The maximum Gasteiger partial charge on any atom is 0.243 e. The Kier molecular flexibility index (Phi) is 5.40. The highest BCUT2D eigenvalue weighted by Crippen LogP contribution is 2.21. The number of nitrogens with zero attached hydrogens (tertiary/aromatic N) is 5. The maximum absolute atomic E-state index is 5.30. The van der Waals surface area contributed by atoms with Gasteiger partial charge in [0.2, 0.25) is 5.89 Å². The summed E-state index contributed by atoms with van der Waals surface area (Å²) in [5.41, 5.74) is 1.22. The second-order valence-corrected chi connectivity index (χ2v) is 7.09. The van der Waals surface area contributed by atoms with Gasteiger partial charge in [-0.05, 0) is 26.7 Å². The summed E-state index contributed by atoms with van der Waals surface area (Å²) in [6.45, 7) is 11.3. The Labute approximate surface area is 141 Å². The summed E-state index contributed by atoms with van der Waals surface area (Å²) in [6, 6.07) is 0.189. The molecule has 1 fully saturated rings. The van der Waals surface area contributed by atoms with Crippen molar-refractivity contribution in [1.29, 1.82) is 0 Å². The summed E-state index contributed by atoms with van der Waals surface area (Å²) in [7, 11) is 0. The van der Waals surface area contributed by atoms with Gasteiger partial charge in [-0.1, -0.05) is 12.1 Å². The second kappa shape index (κ2) is 7.51. The molecule has 7 heteroatoms. The minimum absolute atomic E-state index is 0.189. The van der Waals surface area contributed by atoms with Gasteiger partial charge in [0.15, 0.2) is 5.82 Å². The topological polar surface area (TPSA) is 58.3 Å². The van der Waals surface area contributed by atoms with E-state index in [4.69, 9.17) is 9.51 Å². The highest BCUT2D eigenvalue weighted by atomic mass is 32.1. The van der Waals surface area contributed by atoms with Crippen LogP contribution >= 0.6 is 11.3 Å². The first-order valence-corrected chi connectivity index (χ1v) is 9.23. The lowest BCUT2D eigenvalue weighted by Crippen LogP contribution is -2.46. The van der Waals surface area contributed by atoms with Gasteiger partial charge in [-0.15, -0.1) is 11.3 Å². The molecule has 0 amide bonds. The van der Waals surface area contributed by atoms with E-state index >= 15 is 0 Å². The second-order valence-electron chi connectivity index (χ2n) is 6.15. The molecule has 1 aliphatic rings. The smallest absolute Gasteiger partial charge is 0.243 e. The lowest BCUT2D eigenvalue weighted by Gasteiger charge is -2.36. The van der Waals surface area contributed by atoms with Crippen molar-refractivity contribution in [2.24, 2.45) is 0 Å². The van der Waals surface area contributed by atoms with E-state index in [1.807, 2.05) is 6.92 Å². The van der Waals surface area contributed by atoms with Crippen molar-refractivity contribution < 1.29 is 4.52 Å². The van der Waals surface area contributed by atoms with Crippen LogP contribution in [0.5, 0.6) is 0 Å². The predicted molar refractivity (Wildman–Crippen MR) is 90.4 cm³/mol. The van der Waals surface area contributed by atoms with E-state index in [1.165, 1.54) is 17.1 Å². The zero-order valence-corrected chi connectivity index (χ0v) is 15.0. The van der Waals surface area contributed by atoms with Crippen LogP contribution in [0.2, 0.25) is 0 Å². The van der Waals surface area contributed by atoms with Crippen molar-refractivity contribution in [2.45, 2.75) is 46.2 Å². The van der Waals surface area contributed by atoms with Gasteiger partial charge in [0.05, 0.1) is 16.7 Å². The highest BCUT2D eigenvalue weighted by molar-refractivity contribution is 7.09. The van der Waals surface area contributed by atoms with Crippen molar-refractivity contribution in [3.63, 3.8) is 0 Å². The average molecular weight is 335 g/mol. The lowest BCUT2D eigenvalue weighted by molar-refractivity contribution is 0.0839. The molecule has 0 bridgehead atoms. The van der Waals surface area contributed by atoms with Gasteiger partial charge >= 0.3 is 0 Å². The quantitative estimate of drug-likeness (QED) is 0.809. The molecule has 3 rings (SSSR count). The van der Waals surface area contributed by atoms with E-state index in [0.29, 0.717) is 5.82 Å². The van der Waals surface area contributed by atoms with Crippen molar-refractivity contribution in [1.82, 2.24) is 24.9 Å². The summed E-state index contributed by atoms with van der Waals surface area (Å²) in [6.07, 6.45) is 2.26. The van der Waals surface area contributed by atoms with E-state index in [2.05, 4.69) is 39.2 Å². The standard InChI is InChI=1S/C16H25N5OS/c1-4-5-15-18-14(11-23-15)10-20-6-8-21(9-7-20)12(2)16-17-13(3)19-22-16/h11-12H,4-10H2,1-3H3/t12-/m1/s1. The summed E-state index contributed by atoms with van der Waals surface area (Å²) in [5, 5.41) is 7.37. The van der Waals surface area contributed by atoms with Crippen LogP contribution in [0.4, 0.5) is 0 Å². The molecule has 1 aliphatic heterocycles. The Bertz CT molecular complexity index is 618. The van der Waals surface area contributed by atoms with Gasteiger partial charge < -0.3 is 4.52 Å². The zero-order chi connectivity index (χ0) is 16.2. The third kappa shape index (κ3) is 4.16. The van der Waals surface area contributed by atoms with Crippen LogP contribution in [-0.4, -0.2) is 51.1 Å². The molecule has 0 spiro atoms. The van der Waals surface area contributed by atoms with Crippen LogP contribution in [0.15, 0.2) is 9.90 Å². The van der Waals surface area contributed by atoms with E-state index in [-0.39, 0.29) is 6.04 Å². The molecule has 6 nitrogen and oxygen atoms in total. The first kappa shape index (κ1) is 16.5. The molecular formula is C16H25N5OS. The molecule has 126 valence electrons. The van der Waals surface area contributed by atoms with Crippen LogP contribution in [0, 0.1) is 6.92 Å². The Morgan fingerprint density at radius 2 is 2.04 bits per heavy atom. The Hall–Kier alpha value is -1.31. The first-order valence-electron chi connectivity index (χ1n) is 8.35. The molecule has 0 aromatic carbocycles. The molecule has 0 radical (unpaired) electrons. The Balaban J connectivity index is 1.49. The molecular weight excluding hydrogens is 310 g/mol. The molecule has 1 saturated heterocycles. The van der Waals surface area contributed by atoms with E-state index in [1.54, 1.807) is 11.3 Å². The predicted octanol–water partition coefficient (Wildman–Crippen LogP) is 2.67. The summed E-state index contributed by atoms with van der Waals surface area (Å²) in [4.78, 5) is 14.0. The van der Waals surface area contributed by atoms with Crippen molar-refractivity contribution >= 4 is 11.3 Å². The molecule has 2 aromatic rings. The third-order valence-corrected chi connectivity index (χ3v) is 5.26. The Morgan fingerprint density at radius 3 is 2.70 bits per heavy atom. The maximum atomic E-state index is 5.30. The number of aromatic nitrogens is 3. The Morgan fingerprint density at radius 1 is 1.26 bits per heavy atom. The molecule has 1 atom stereocenters. The van der Waals surface area contributed by atoms with Crippen LogP contribution in [0.1, 0.15) is 48.7 Å². The van der Waals surface area contributed by atoms with Crippen LogP contribution in [0.25, 0.3) is 0 Å². The van der Waals surface area contributed by atoms with Gasteiger partial charge in [-0.25, -0.2) is 4.98 Å². The van der Waals surface area contributed by atoms with Crippen molar-refractivity contribution in [2.75, 3.05) is 26.2 Å². The molecule has 2 aromatic heterocycles. The normalized spacial score (nSPS) is 18.4. The fourth-order valence-corrected chi connectivity index (χ4v) is 3.82. The molecule has 23 heavy (non-hydrogen) atoms. The summed E-state index contributed by atoms with van der Waals surface area (Å²) < 4.78 is 5.30. The molecule has 0 N–H and O–H groups in total.